The van der Waals surface area contributed by atoms with E-state index in [0.29, 0.717) is 12.2 Å². The van der Waals surface area contributed by atoms with Crippen molar-refractivity contribution in [3.05, 3.63) is 47.3 Å². The molecule has 1 unspecified atom stereocenters. The lowest BCUT2D eigenvalue weighted by atomic mass is 10.1. The largest absolute Gasteiger partial charge is 0.382 e. The van der Waals surface area contributed by atoms with Crippen LogP contribution < -0.4 is 0 Å². The second kappa shape index (κ2) is 4.58. The van der Waals surface area contributed by atoms with Crippen molar-refractivity contribution in [2.75, 3.05) is 0 Å². The maximum Gasteiger partial charge on any atom is 0.129 e. The van der Waals surface area contributed by atoms with E-state index in [1.165, 1.54) is 10.9 Å². The summed E-state index contributed by atoms with van der Waals surface area (Å²) in [6.07, 6.45) is 0.0547. The van der Waals surface area contributed by atoms with Crippen LogP contribution in [0.5, 0.6) is 0 Å². The van der Waals surface area contributed by atoms with Gasteiger partial charge in [0.25, 0.3) is 0 Å². The van der Waals surface area contributed by atoms with Gasteiger partial charge in [-0.05, 0) is 25.1 Å². The van der Waals surface area contributed by atoms with Crippen molar-refractivity contribution in [3.8, 4) is 0 Å². The van der Waals surface area contributed by atoms with E-state index >= 15 is 0 Å². The second-order valence-corrected chi connectivity index (χ2v) is 3.54. The molecule has 0 radical (unpaired) electrons. The van der Waals surface area contributed by atoms with Crippen molar-refractivity contribution < 1.29 is 13.9 Å². The zero-order valence-electron chi connectivity index (χ0n) is 9.14. The lowest BCUT2D eigenvalue weighted by molar-refractivity contribution is 0.202. The number of aromatic nitrogens is 3. The van der Waals surface area contributed by atoms with Gasteiger partial charge in [-0.1, -0.05) is 5.21 Å². The maximum atomic E-state index is 13.5. The van der Waals surface area contributed by atoms with Gasteiger partial charge in [0.1, 0.15) is 17.7 Å². The van der Waals surface area contributed by atoms with Gasteiger partial charge in [0.15, 0.2) is 0 Å². The fourth-order valence-corrected chi connectivity index (χ4v) is 1.61. The Hall–Kier alpha value is -1.82. The van der Waals surface area contributed by atoms with Gasteiger partial charge in [0, 0.05) is 12.1 Å². The molecular weight excluding hydrogens is 228 g/mol. The normalized spacial score (nSPS) is 12.7. The zero-order valence-corrected chi connectivity index (χ0v) is 9.14. The van der Waals surface area contributed by atoms with Gasteiger partial charge in [-0.15, -0.1) is 5.10 Å². The number of rotatable bonds is 3. The van der Waals surface area contributed by atoms with Crippen LogP contribution in [-0.4, -0.2) is 20.1 Å². The molecule has 0 amide bonds. The minimum absolute atomic E-state index is 0.123. The van der Waals surface area contributed by atoms with Crippen molar-refractivity contribution in [1.82, 2.24) is 15.0 Å². The second-order valence-electron chi connectivity index (χ2n) is 3.54. The number of nitrogens with zero attached hydrogens (tertiary/aromatic N) is 3. The van der Waals surface area contributed by atoms with Gasteiger partial charge >= 0.3 is 0 Å². The highest BCUT2D eigenvalue weighted by atomic mass is 19.1. The Kier molecular flexibility index (Phi) is 3.14. The summed E-state index contributed by atoms with van der Waals surface area (Å²) in [5.41, 5.74) is 0.207. The van der Waals surface area contributed by atoms with Gasteiger partial charge in [0.05, 0.1) is 11.9 Å². The van der Waals surface area contributed by atoms with Crippen LogP contribution in [0.4, 0.5) is 8.78 Å². The first kappa shape index (κ1) is 11.7. The molecule has 4 nitrogen and oxygen atoms in total. The number of aliphatic hydroxyl groups excluding tert-OH is 1. The van der Waals surface area contributed by atoms with Crippen LogP contribution in [0.15, 0.2) is 24.4 Å². The van der Waals surface area contributed by atoms with Crippen LogP contribution in [0.3, 0.4) is 0 Å². The Bertz CT molecular complexity index is 527. The Morgan fingerprint density at radius 3 is 2.88 bits per heavy atom. The maximum absolute atomic E-state index is 13.5. The summed E-state index contributed by atoms with van der Waals surface area (Å²) < 4.78 is 27.9. The van der Waals surface area contributed by atoms with Crippen LogP contribution >= 0.6 is 0 Å². The van der Waals surface area contributed by atoms with Crippen molar-refractivity contribution >= 4 is 0 Å². The fraction of sp³-hybridized carbons (Fsp3) is 0.273. The summed E-state index contributed by atoms with van der Waals surface area (Å²) in [5, 5.41) is 17.3. The number of hydrogen-bond acceptors (Lipinski definition) is 3. The average Bonchev–Trinajstić information content (AvgIpc) is 2.79. The monoisotopic (exact) mass is 239 g/mol. The Morgan fingerprint density at radius 2 is 2.18 bits per heavy atom. The molecule has 1 aromatic heterocycles. The molecule has 0 aliphatic heterocycles. The van der Waals surface area contributed by atoms with Crippen LogP contribution in [0.2, 0.25) is 0 Å². The van der Waals surface area contributed by atoms with Gasteiger partial charge in [-0.3, -0.25) is 0 Å². The predicted octanol–water partition coefficient (Wildman–Crippen LogP) is 1.66. The molecule has 1 heterocycles. The summed E-state index contributed by atoms with van der Waals surface area (Å²) in [6, 6.07) is 2.95. The Labute approximate surface area is 96.5 Å². The van der Waals surface area contributed by atoms with E-state index in [9.17, 15) is 13.9 Å². The first-order chi connectivity index (χ1) is 8.13. The van der Waals surface area contributed by atoms with Crippen LogP contribution in [0.1, 0.15) is 24.3 Å². The molecule has 6 heteroatoms. The zero-order chi connectivity index (χ0) is 12.4. The summed E-state index contributed by atoms with van der Waals surface area (Å²) in [6.45, 7) is 2.30. The summed E-state index contributed by atoms with van der Waals surface area (Å²) in [4.78, 5) is 0. The molecule has 1 N–H and O–H groups in total. The van der Waals surface area contributed by atoms with Crippen molar-refractivity contribution in [1.29, 1.82) is 0 Å². The molecule has 1 atom stereocenters. The van der Waals surface area contributed by atoms with Gasteiger partial charge < -0.3 is 5.11 Å². The minimum Gasteiger partial charge on any atom is -0.382 e. The molecule has 0 fully saturated rings. The number of hydrogen-bond donors (Lipinski definition) is 1. The predicted molar refractivity (Wildman–Crippen MR) is 56.1 cm³/mol. The Morgan fingerprint density at radius 1 is 1.41 bits per heavy atom. The third-order valence-corrected chi connectivity index (χ3v) is 2.48. The van der Waals surface area contributed by atoms with E-state index in [1.54, 1.807) is 0 Å². The highest BCUT2D eigenvalue weighted by Gasteiger charge is 2.19. The van der Waals surface area contributed by atoms with Gasteiger partial charge in [-0.25, -0.2) is 13.5 Å². The quantitative estimate of drug-likeness (QED) is 0.886. The first-order valence-corrected chi connectivity index (χ1v) is 5.15. The van der Waals surface area contributed by atoms with Crippen LogP contribution in [0, 0.1) is 11.6 Å². The summed E-state index contributed by atoms with van der Waals surface area (Å²) >= 11 is 0. The lowest BCUT2D eigenvalue weighted by Crippen LogP contribution is -2.10. The van der Waals surface area contributed by atoms with E-state index in [4.69, 9.17) is 0 Å². The highest BCUT2D eigenvalue weighted by molar-refractivity contribution is 5.26. The number of benzene rings is 1. The molecule has 2 aromatic rings. The molecule has 0 bridgehead atoms. The van der Waals surface area contributed by atoms with E-state index in [1.807, 2.05) is 6.92 Å². The third-order valence-electron chi connectivity index (χ3n) is 2.48. The van der Waals surface area contributed by atoms with Crippen molar-refractivity contribution in [2.24, 2.45) is 0 Å². The molecule has 17 heavy (non-hydrogen) atoms. The molecule has 0 saturated heterocycles. The fourth-order valence-electron chi connectivity index (χ4n) is 1.61. The first-order valence-electron chi connectivity index (χ1n) is 5.15. The van der Waals surface area contributed by atoms with Gasteiger partial charge in [-0.2, -0.15) is 0 Å². The molecule has 0 spiro atoms. The van der Waals surface area contributed by atoms with E-state index in [2.05, 4.69) is 10.3 Å². The van der Waals surface area contributed by atoms with Crippen LogP contribution in [0.25, 0.3) is 0 Å². The SMILES string of the molecule is CCn1nncc1C(O)c1cc(F)ccc1F. The number of aryl methyl sites for hydroxylation is 1. The molecule has 0 aliphatic rings. The average molecular weight is 239 g/mol. The van der Waals surface area contributed by atoms with Crippen molar-refractivity contribution in [2.45, 2.75) is 19.6 Å². The lowest BCUT2D eigenvalue weighted by Gasteiger charge is -2.12. The summed E-state index contributed by atoms with van der Waals surface area (Å²) in [7, 11) is 0. The Balaban J connectivity index is 2.43. The van der Waals surface area contributed by atoms with Crippen molar-refractivity contribution in [3.63, 3.8) is 0 Å². The third kappa shape index (κ3) is 2.16. The molecule has 90 valence electrons. The topological polar surface area (TPSA) is 50.9 Å². The molecule has 0 saturated carbocycles. The number of aliphatic hydroxyl groups is 1. The van der Waals surface area contributed by atoms with E-state index in [-0.39, 0.29) is 5.56 Å². The molecular formula is C11H11F2N3O. The molecule has 0 aliphatic carbocycles. The van der Waals surface area contributed by atoms with E-state index in [0.717, 1.165) is 18.2 Å². The van der Waals surface area contributed by atoms with E-state index < -0.39 is 17.7 Å². The van der Waals surface area contributed by atoms with Crippen LogP contribution in [-0.2, 0) is 6.54 Å². The smallest absolute Gasteiger partial charge is 0.129 e. The summed E-state index contributed by atoms with van der Waals surface area (Å²) in [5.74, 6) is -1.27. The highest BCUT2D eigenvalue weighted by Crippen LogP contribution is 2.24. The van der Waals surface area contributed by atoms with Gasteiger partial charge in [0.2, 0.25) is 0 Å². The molecule has 1 aromatic carbocycles. The molecule has 2 rings (SSSR count). The standard InChI is InChI=1S/C11H11F2N3O/c1-2-16-10(6-14-15-16)11(17)8-5-7(12)3-4-9(8)13/h3-6,11,17H,2H2,1H3. The minimum atomic E-state index is -1.28. The number of halogens is 2.